The molecule has 1 aliphatic rings. The lowest BCUT2D eigenvalue weighted by molar-refractivity contribution is 0.0612. The van der Waals surface area contributed by atoms with Gasteiger partial charge < -0.3 is 24.9 Å². The molecule has 194 valence electrons. The van der Waals surface area contributed by atoms with E-state index in [4.69, 9.17) is 0 Å². The Morgan fingerprint density at radius 1 is 1.24 bits per heavy atom. The van der Waals surface area contributed by atoms with Crippen LogP contribution in [-0.4, -0.2) is 66.1 Å². The summed E-state index contributed by atoms with van der Waals surface area (Å²) in [5.74, 6) is -0.396. The maximum atomic E-state index is 13.3. The van der Waals surface area contributed by atoms with E-state index in [0.29, 0.717) is 16.9 Å². The Labute approximate surface area is 215 Å². The smallest absolute Gasteiger partial charge is 0.280 e. The number of rotatable bonds is 5. The quantitative estimate of drug-likeness (QED) is 0.386. The molecule has 5 rings (SSSR count). The Kier molecular flexibility index (Phi) is 6.25. The van der Waals surface area contributed by atoms with Crippen molar-refractivity contribution in [2.75, 3.05) is 24.5 Å². The summed E-state index contributed by atoms with van der Waals surface area (Å²) in [5, 5.41) is 18.3. The summed E-state index contributed by atoms with van der Waals surface area (Å²) in [5.41, 5.74) is 4.14. The lowest BCUT2D eigenvalue weighted by Crippen LogP contribution is -2.57. The van der Waals surface area contributed by atoms with Gasteiger partial charge in [0.05, 0.1) is 35.1 Å². The molecule has 37 heavy (non-hydrogen) atoms. The van der Waals surface area contributed by atoms with Crippen LogP contribution < -0.4 is 15.8 Å². The van der Waals surface area contributed by atoms with Gasteiger partial charge in [0.1, 0.15) is 0 Å². The van der Waals surface area contributed by atoms with E-state index >= 15 is 0 Å². The van der Waals surface area contributed by atoms with Crippen molar-refractivity contribution in [3.8, 4) is 11.3 Å². The van der Waals surface area contributed by atoms with Crippen molar-refractivity contribution in [3.63, 3.8) is 0 Å². The van der Waals surface area contributed by atoms with E-state index in [9.17, 15) is 9.90 Å². The number of aryl methyl sites for hydroxylation is 1. The average Bonchev–Trinajstić information content (AvgIpc) is 3.40. The van der Waals surface area contributed by atoms with E-state index in [2.05, 4.69) is 56.3 Å². The first kappa shape index (κ1) is 24.9. The van der Waals surface area contributed by atoms with Gasteiger partial charge in [-0.1, -0.05) is 0 Å². The molecule has 4 aromatic rings. The Morgan fingerprint density at radius 3 is 2.76 bits per heavy atom. The average molecular weight is 503 g/mol. The predicted octanol–water partition coefficient (Wildman–Crippen LogP) is 2.47. The number of pyridine rings is 1. The molecule has 3 N–H and O–H groups in total. The second-order valence-electron chi connectivity index (χ2n) is 11.0. The molecule has 1 fully saturated rings. The van der Waals surface area contributed by atoms with Gasteiger partial charge in [0.25, 0.3) is 5.91 Å². The SMILES string of the molecule is Cn1cc(-c2cc(C(=O)/N=c3\[nH]c4cc(N5CCNC(C)(C)C5)ccc4n3CC(C)(C)O)ccn2)cn1. The standard InChI is InChI=1S/C27H34N8O2/c1-26(2)16-34(11-10-29-26)20-6-7-23-22(13-20)31-25(35(23)17-27(3,4)37)32-24(36)18-8-9-28-21(12-18)19-14-30-33(5)15-19/h6-9,12-15,29,37H,10-11,16-17H2,1-5H3,(H,31,32,36). The molecule has 0 atom stereocenters. The molecular formula is C27H34N8O2. The molecule has 0 bridgehead atoms. The minimum absolute atomic E-state index is 0.0237. The van der Waals surface area contributed by atoms with Crippen LogP contribution in [0.15, 0.2) is 53.9 Å². The number of nitrogens with zero attached hydrogens (tertiary/aromatic N) is 6. The van der Waals surface area contributed by atoms with Crippen LogP contribution in [-0.2, 0) is 13.6 Å². The van der Waals surface area contributed by atoms with E-state index < -0.39 is 11.5 Å². The highest BCUT2D eigenvalue weighted by Crippen LogP contribution is 2.24. The number of anilines is 1. The van der Waals surface area contributed by atoms with Crippen molar-refractivity contribution < 1.29 is 9.90 Å². The number of carbonyl (C=O) groups excluding carboxylic acids is 1. The van der Waals surface area contributed by atoms with Gasteiger partial charge in [0.15, 0.2) is 0 Å². The minimum atomic E-state index is -1.00. The maximum Gasteiger partial charge on any atom is 0.280 e. The summed E-state index contributed by atoms with van der Waals surface area (Å²) in [6, 6.07) is 9.58. The summed E-state index contributed by atoms with van der Waals surface area (Å²) >= 11 is 0. The third kappa shape index (κ3) is 5.50. The normalized spacial score (nSPS) is 16.5. The number of piperazine rings is 1. The fourth-order valence-corrected chi connectivity index (χ4v) is 4.79. The number of hydrogen-bond donors (Lipinski definition) is 3. The number of aromatic nitrogens is 5. The molecule has 0 unspecified atom stereocenters. The van der Waals surface area contributed by atoms with E-state index in [1.807, 2.05) is 23.9 Å². The Hall–Kier alpha value is -3.76. The summed E-state index contributed by atoms with van der Waals surface area (Å²) in [4.78, 5) is 27.8. The zero-order chi connectivity index (χ0) is 26.4. The topological polar surface area (TPSA) is 116 Å². The fraction of sp³-hybridized carbons (Fsp3) is 0.407. The van der Waals surface area contributed by atoms with Gasteiger partial charge in [0, 0.05) is 61.4 Å². The van der Waals surface area contributed by atoms with Crippen LogP contribution in [0.1, 0.15) is 38.1 Å². The number of carbonyl (C=O) groups is 1. The molecule has 0 spiro atoms. The van der Waals surface area contributed by atoms with Gasteiger partial charge in [-0.2, -0.15) is 10.1 Å². The van der Waals surface area contributed by atoms with Crippen LogP contribution in [0.2, 0.25) is 0 Å². The maximum absolute atomic E-state index is 13.3. The number of amides is 1. The number of hydrogen-bond acceptors (Lipinski definition) is 6. The zero-order valence-corrected chi connectivity index (χ0v) is 22.0. The van der Waals surface area contributed by atoms with Crippen LogP contribution >= 0.6 is 0 Å². The monoisotopic (exact) mass is 502 g/mol. The number of H-pyrrole nitrogens is 1. The molecule has 0 aliphatic carbocycles. The third-order valence-electron chi connectivity index (χ3n) is 6.47. The van der Waals surface area contributed by atoms with Gasteiger partial charge in [0.2, 0.25) is 5.62 Å². The van der Waals surface area contributed by atoms with Crippen LogP contribution in [0.4, 0.5) is 5.69 Å². The molecular weight excluding hydrogens is 468 g/mol. The molecule has 1 aliphatic heterocycles. The summed E-state index contributed by atoms with van der Waals surface area (Å²) < 4.78 is 3.55. The third-order valence-corrected chi connectivity index (χ3v) is 6.47. The van der Waals surface area contributed by atoms with Gasteiger partial charge >= 0.3 is 0 Å². The molecule has 4 heterocycles. The second kappa shape index (κ2) is 9.28. The lowest BCUT2D eigenvalue weighted by Gasteiger charge is -2.40. The van der Waals surface area contributed by atoms with Crippen molar-refractivity contribution in [2.45, 2.75) is 45.4 Å². The van der Waals surface area contributed by atoms with Crippen LogP contribution in [0, 0.1) is 0 Å². The molecule has 10 nitrogen and oxygen atoms in total. The molecule has 3 aromatic heterocycles. The highest BCUT2D eigenvalue weighted by Gasteiger charge is 2.26. The van der Waals surface area contributed by atoms with E-state index in [-0.39, 0.29) is 12.1 Å². The first-order valence-corrected chi connectivity index (χ1v) is 12.5. The fourth-order valence-electron chi connectivity index (χ4n) is 4.79. The summed E-state index contributed by atoms with van der Waals surface area (Å²) in [7, 11) is 1.83. The summed E-state index contributed by atoms with van der Waals surface area (Å²) in [6.45, 7) is 10.9. The van der Waals surface area contributed by atoms with Gasteiger partial charge in [-0.3, -0.25) is 14.5 Å². The number of fused-ring (bicyclic) bond motifs is 1. The molecule has 0 saturated carbocycles. The first-order valence-electron chi connectivity index (χ1n) is 12.5. The van der Waals surface area contributed by atoms with Gasteiger partial charge in [-0.15, -0.1) is 0 Å². The highest BCUT2D eigenvalue weighted by atomic mass is 16.3. The van der Waals surface area contributed by atoms with Crippen molar-refractivity contribution in [1.29, 1.82) is 0 Å². The van der Waals surface area contributed by atoms with E-state index in [1.54, 1.807) is 43.1 Å². The van der Waals surface area contributed by atoms with E-state index in [1.165, 1.54) is 0 Å². The molecule has 10 heteroatoms. The molecule has 1 aromatic carbocycles. The summed E-state index contributed by atoms with van der Waals surface area (Å²) in [6.07, 6.45) is 5.15. The number of aliphatic hydroxyl groups is 1. The number of imidazole rings is 1. The van der Waals surface area contributed by atoms with Crippen molar-refractivity contribution in [1.82, 2.24) is 29.6 Å². The molecule has 1 saturated heterocycles. The van der Waals surface area contributed by atoms with Crippen molar-refractivity contribution >= 4 is 22.6 Å². The minimum Gasteiger partial charge on any atom is -0.389 e. The molecule has 0 radical (unpaired) electrons. The predicted molar refractivity (Wildman–Crippen MR) is 143 cm³/mol. The number of aromatic amines is 1. The Bertz CT molecular complexity index is 1520. The Morgan fingerprint density at radius 2 is 2.05 bits per heavy atom. The number of benzene rings is 1. The van der Waals surface area contributed by atoms with Gasteiger partial charge in [-0.25, -0.2) is 0 Å². The van der Waals surface area contributed by atoms with Gasteiger partial charge in [-0.05, 0) is 58.0 Å². The highest BCUT2D eigenvalue weighted by molar-refractivity contribution is 5.95. The zero-order valence-electron chi connectivity index (χ0n) is 22.0. The van der Waals surface area contributed by atoms with Crippen LogP contribution in [0.5, 0.6) is 0 Å². The van der Waals surface area contributed by atoms with Crippen molar-refractivity contribution in [3.05, 3.63) is 60.1 Å². The van der Waals surface area contributed by atoms with Crippen LogP contribution in [0.3, 0.4) is 0 Å². The lowest BCUT2D eigenvalue weighted by atomic mass is 10.0. The Balaban J connectivity index is 1.55. The second-order valence-corrected chi connectivity index (χ2v) is 11.0. The molecule has 1 amide bonds. The number of nitrogens with one attached hydrogen (secondary N) is 2. The van der Waals surface area contributed by atoms with E-state index in [0.717, 1.165) is 41.9 Å². The van der Waals surface area contributed by atoms with Crippen LogP contribution in [0.25, 0.3) is 22.3 Å². The largest absolute Gasteiger partial charge is 0.389 e. The van der Waals surface area contributed by atoms with Crippen molar-refractivity contribution in [2.24, 2.45) is 12.0 Å². The first-order chi connectivity index (χ1) is 17.5.